The van der Waals surface area contributed by atoms with Crippen LogP contribution in [0.3, 0.4) is 0 Å². The van der Waals surface area contributed by atoms with Crippen LogP contribution in [0.15, 0.2) is 16.9 Å². The molecule has 0 amide bonds. The molecular weight excluding hydrogens is 238 g/mol. The number of aromatic amines is 1. The molecule has 0 fully saturated rings. The maximum Gasteiger partial charge on any atom is 0.326 e. The van der Waals surface area contributed by atoms with Crippen molar-refractivity contribution in [2.45, 2.75) is 39.2 Å². The predicted octanol–water partition coefficient (Wildman–Crippen LogP) is 3.19. The van der Waals surface area contributed by atoms with Gasteiger partial charge in [0, 0.05) is 6.54 Å². The van der Waals surface area contributed by atoms with E-state index in [0.717, 1.165) is 31.7 Å². The summed E-state index contributed by atoms with van der Waals surface area (Å²) < 4.78 is 28.2. The number of fused-ring (bicyclic) bond motifs is 1. The summed E-state index contributed by atoms with van der Waals surface area (Å²) >= 11 is 0. The Morgan fingerprint density at radius 3 is 2.72 bits per heavy atom. The van der Waals surface area contributed by atoms with Gasteiger partial charge in [0.15, 0.2) is 11.6 Å². The fourth-order valence-electron chi connectivity index (χ4n) is 2.10. The van der Waals surface area contributed by atoms with Crippen LogP contribution >= 0.6 is 0 Å². The van der Waals surface area contributed by atoms with Crippen molar-refractivity contribution in [3.8, 4) is 0 Å². The SMILES string of the molecule is CCCCCCn1c(=O)[nH]c2ccc(F)c(F)c21. The van der Waals surface area contributed by atoms with Gasteiger partial charge in [-0.25, -0.2) is 13.6 Å². The minimum Gasteiger partial charge on any atom is -0.305 e. The van der Waals surface area contributed by atoms with Gasteiger partial charge in [0.1, 0.15) is 5.52 Å². The van der Waals surface area contributed by atoms with Crippen LogP contribution < -0.4 is 5.69 Å². The summed E-state index contributed by atoms with van der Waals surface area (Å²) in [5.74, 6) is -1.88. The lowest BCUT2D eigenvalue weighted by atomic mass is 10.2. The highest BCUT2D eigenvalue weighted by Crippen LogP contribution is 2.18. The molecule has 1 N–H and O–H groups in total. The Labute approximate surface area is 103 Å². The number of rotatable bonds is 5. The van der Waals surface area contributed by atoms with Crippen LogP contribution in [-0.4, -0.2) is 9.55 Å². The molecular formula is C13H16F2N2O. The van der Waals surface area contributed by atoms with Crippen molar-refractivity contribution in [2.75, 3.05) is 0 Å². The molecule has 0 bridgehead atoms. The van der Waals surface area contributed by atoms with Crippen LogP contribution in [0, 0.1) is 11.6 Å². The maximum atomic E-state index is 13.7. The highest BCUT2D eigenvalue weighted by molar-refractivity contribution is 5.75. The Hall–Kier alpha value is -1.65. The second kappa shape index (κ2) is 5.33. The van der Waals surface area contributed by atoms with Crippen LogP contribution in [0.4, 0.5) is 8.78 Å². The molecule has 1 aromatic heterocycles. The number of unbranched alkanes of at least 4 members (excludes halogenated alkanes) is 3. The van der Waals surface area contributed by atoms with Crippen molar-refractivity contribution in [1.82, 2.24) is 9.55 Å². The molecule has 0 unspecified atom stereocenters. The average Bonchev–Trinajstić information content (AvgIpc) is 2.67. The van der Waals surface area contributed by atoms with Gasteiger partial charge in [-0.1, -0.05) is 26.2 Å². The summed E-state index contributed by atoms with van der Waals surface area (Å²) in [7, 11) is 0. The zero-order valence-corrected chi connectivity index (χ0v) is 10.3. The predicted molar refractivity (Wildman–Crippen MR) is 66.6 cm³/mol. The maximum absolute atomic E-state index is 13.7. The molecule has 2 rings (SSSR count). The molecule has 0 spiro atoms. The molecule has 98 valence electrons. The fraction of sp³-hybridized carbons (Fsp3) is 0.462. The van der Waals surface area contributed by atoms with Crippen molar-refractivity contribution >= 4 is 11.0 Å². The molecule has 2 aromatic rings. The number of halogens is 2. The third-order valence-electron chi connectivity index (χ3n) is 3.06. The number of benzene rings is 1. The monoisotopic (exact) mass is 254 g/mol. The fourth-order valence-corrected chi connectivity index (χ4v) is 2.10. The van der Waals surface area contributed by atoms with Gasteiger partial charge in [0.2, 0.25) is 0 Å². The van der Waals surface area contributed by atoms with E-state index in [1.807, 2.05) is 0 Å². The minimum absolute atomic E-state index is 0.0384. The van der Waals surface area contributed by atoms with E-state index in [-0.39, 0.29) is 11.2 Å². The van der Waals surface area contributed by atoms with E-state index in [0.29, 0.717) is 12.1 Å². The Morgan fingerprint density at radius 2 is 2.00 bits per heavy atom. The van der Waals surface area contributed by atoms with E-state index in [4.69, 9.17) is 0 Å². The summed E-state index contributed by atoms with van der Waals surface area (Å²) in [5.41, 5.74) is -0.00288. The number of aryl methyl sites for hydroxylation is 1. The van der Waals surface area contributed by atoms with E-state index in [1.54, 1.807) is 0 Å². The van der Waals surface area contributed by atoms with Crippen molar-refractivity contribution in [3.05, 3.63) is 34.3 Å². The Balaban J connectivity index is 2.34. The van der Waals surface area contributed by atoms with E-state index in [9.17, 15) is 13.6 Å². The number of hydrogen-bond acceptors (Lipinski definition) is 1. The molecule has 0 atom stereocenters. The van der Waals surface area contributed by atoms with E-state index < -0.39 is 11.6 Å². The third-order valence-corrected chi connectivity index (χ3v) is 3.06. The van der Waals surface area contributed by atoms with Crippen LogP contribution in [0.1, 0.15) is 32.6 Å². The Morgan fingerprint density at radius 1 is 1.22 bits per heavy atom. The van der Waals surface area contributed by atoms with Gasteiger partial charge in [0.25, 0.3) is 0 Å². The lowest BCUT2D eigenvalue weighted by Crippen LogP contribution is -2.17. The molecule has 0 aliphatic carbocycles. The van der Waals surface area contributed by atoms with Crippen molar-refractivity contribution in [1.29, 1.82) is 0 Å². The van der Waals surface area contributed by atoms with Gasteiger partial charge >= 0.3 is 5.69 Å². The van der Waals surface area contributed by atoms with Crippen molar-refractivity contribution < 1.29 is 8.78 Å². The second-order valence-electron chi connectivity index (χ2n) is 4.40. The van der Waals surface area contributed by atoms with Crippen molar-refractivity contribution in [2.24, 2.45) is 0 Å². The zero-order chi connectivity index (χ0) is 13.1. The van der Waals surface area contributed by atoms with Gasteiger partial charge in [-0.05, 0) is 18.6 Å². The number of aromatic nitrogens is 2. The number of imidazole rings is 1. The lowest BCUT2D eigenvalue weighted by Gasteiger charge is -2.04. The van der Waals surface area contributed by atoms with E-state index in [1.165, 1.54) is 10.6 Å². The van der Waals surface area contributed by atoms with Gasteiger partial charge < -0.3 is 4.98 Å². The first kappa shape index (κ1) is 12.8. The molecule has 18 heavy (non-hydrogen) atoms. The smallest absolute Gasteiger partial charge is 0.305 e. The summed E-state index contributed by atoms with van der Waals surface area (Å²) in [6, 6.07) is 2.41. The molecule has 1 heterocycles. The van der Waals surface area contributed by atoms with Crippen molar-refractivity contribution in [3.63, 3.8) is 0 Å². The summed E-state index contributed by atoms with van der Waals surface area (Å²) in [4.78, 5) is 14.2. The quantitative estimate of drug-likeness (QED) is 0.817. The van der Waals surface area contributed by atoms with Gasteiger partial charge in [-0.15, -0.1) is 0 Å². The molecule has 0 radical (unpaired) electrons. The first-order valence-electron chi connectivity index (χ1n) is 6.21. The zero-order valence-electron chi connectivity index (χ0n) is 10.3. The normalized spacial score (nSPS) is 11.3. The first-order valence-corrected chi connectivity index (χ1v) is 6.21. The molecule has 0 saturated heterocycles. The van der Waals surface area contributed by atoms with Gasteiger partial charge in [-0.3, -0.25) is 4.57 Å². The topological polar surface area (TPSA) is 37.8 Å². The van der Waals surface area contributed by atoms with E-state index in [2.05, 4.69) is 11.9 Å². The summed E-state index contributed by atoms with van der Waals surface area (Å²) in [6.45, 7) is 2.51. The van der Waals surface area contributed by atoms with Crippen LogP contribution in [-0.2, 0) is 6.54 Å². The summed E-state index contributed by atoms with van der Waals surface area (Å²) in [6.07, 6.45) is 3.93. The van der Waals surface area contributed by atoms with Gasteiger partial charge in [-0.2, -0.15) is 0 Å². The van der Waals surface area contributed by atoms with Crippen LogP contribution in [0.25, 0.3) is 11.0 Å². The standard InChI is InChI=1S/C13H16F2N2O/c1-2-3-4-5-8-17-12-10(16-13(17)18)7-6-9(14)11(12)15/h6-7H,2-5,8H2,1H3,(H,16,18). The Kier molecular flexibility index (Phi) is 3.79. The highest BCUT2D eigenvalue weighted by Gasteiger charge is 2.14. The Bertz CT molecular complexity index is 601. The number of H-pyrrole nitrogens is 1. The lowest BCUT2D eigenvalue weighted by molar-refractivity contribution is 0.507. The molecule has 5 heteroatoms. The summed E-state index contributed by atoms with van der Waals surface area (Å²) in [5, 5.41) is 0. The van der Waals surface area contributed by atoms with Crippen LogP contribution in [0.5, 0.6) is 0 Å². The molecule has 0 aliphatic heterocycles. The molecule has 0 aliphatic rings. The third kappa shape index (κ3) is 2.30. The molecule has 3 nitrogen and oxygen atoms in total. The second-order valence-corrected chi connectivity index (χ2v) is 4.40. The highest BCUT2D eigenvalue weighted by atomic mass is 19.2. The molecule has 0 saturated carbocycles. The van der Waals surface area contributed by atoms with Gasteiger partial charge in [0.05, 0.1) is 5.52 Å². The van der Waals surface area contributed by atoms with Crippen LogP contribution in [0.2, 0.25) is 0 Å². The first-order chi connectivity index (χ1) is 8.65. The minimum atomic E-state index is -0.957. The molecule has 1 aromatic carbocycles. The number of hydrogen-bond donors (Lipinski definition) is 1. The average molecular weight is 254 g/mol. The number of nitrogens with zero attached hydrogens (tertiary/aromatic N) is 1. The largest absolute Gasteiger partial charge is 0.326 e. The number of nitrogens with one attached hydrogen (secondary N) is 1. The van der Waals surface area contributed by atoms with E-state index >= 15 is 0 Å².